The Bertz CT molecular complexity index is 227. The standard InChI is InChI=1S/C13H28N2O2/c1-10(2)6-7-14-12(17)11(3)15-8-13(4,5)9-16/h10-11,15-16H,6-9H2,1-5H3,(H,14,17). The van der Waals surface area contributed by atoms with Crippen molar-refractivity contribution >= 4 is 5.91 Å². The van der Waals surface area contributed by atoms with Crippen molar-refractivity contribution in [2.75, 3.05) is 19.7 Å². The normalized spacial score (nSPS) is 13.8. The minimum absolute atomic E-state index is 0.0272. The molecule has 0 aromatic rings. The molecule has 1 unspecified atom stereocenters. The van der Waals surface area contributed by atoms with Crippen LogP contribution in [0.1, 0.15) is 41.0 Å². The van der Waals surface area contributed by atoms with Gasteiger partial charge in [0, 0.05) is 25.1 Å². The van der Waals surface area contributed by atoms with E-state index in [0.29, 0.717) is 12.5 Å². The fourth-order valence-electron chi connectivity index (χ4n) is 1.22. The van der Waals surface area contributed by atoms with E-state index in [9.17, 15) is 4.79 Å². The number of amides is 1. The molecule has 0 bridgehead atoms. The van der Waals surface area contributed by atoms with E-state index in [0.717, 1.165) is 13.0 Å². The molecule has 0 heterocycles. The van der Waals surface area contributed by atoms with Crippen molar-refractivity contribution in [3.63, 3.8) is 0 Å². The average molecular weight is 244 g/mol. The minimum Gasteiger partial charge on any atom is -0.396 e. The van der Waals surface area contributed by atoms with Crippen molar-refractivity contribution in [2.24, 2.45) is 11.3 Å². The third-order valence-electron chi connectivity index (χ3n) is 2.73. The van der Waals surface area contributed by atoms with Gasteiger partial charge in [0.05, 0.1) is 6.04 Å². The van der Waals surface area contributed by atoms with Gasteiger partial charge in [-0.2, -0.15) is 0 Å². The Hall–Kier alpha value is -0.610. The Balaban J connectivity index is 3.82. The molecule has 17 heavy (non-hydrogen) atoms. The van der Waals surface area contributed by atoms with Gasteiger partial charge in [0.25, 0.3) is 0 Å². The molecule has 3 N–H and O–H groups in total. The quantitative estimate of drug-likeness (QED) is 0.600. The van der Waals surface area contributed by atoms with Crippen LogP contribution in [0.25, 0.3) is 0 Å². The maximum absolute atomic E-state index is 11.7. The third kappa shape index (κ3) is 8.16. The van der Waals surface area contributed by atoms with Crippen LogP contribution >= 0.6 is 0 Å². The third-order valence-corrected chi connectivity index (χ3v) is 2.73. The number of carbonyl (C=O) groups is 1. The van der Waals surface area contributed by atoms with Crippen LogP contribution in [-0.2, 0) is 4.79 Å². The molecule has 0 saturated heterocycles. The average Bonchev–Trinajstić information content (AvgIpc) is 2.25. The topological polar surface area (TPSA) is 61.4 Å². The number of rotatable bonds is 8. The highest BCUT2D eigenvalue weighted by Crippen LogP contribution is 2.11. The summed E-state index contributed by atoms with van der Waals surface area (Å²) < 4.78 is 0. The number of hydrogen-bond acceptors (Lipinski definition) is 3. The summed E-state index contributed by atoms with van der Waals surface area (Å²) in [4.78, 5) is 11.7. The molecule has 0 aliphatic heterocycles. The van der Waals surface area contributed by atoms with Gasteiger partial charge in [-0.15, -0.1) is 0 Å². The van der Waals surface area contributed by atoms with Gasteiger partial charge in [0.15, 0.2) is 0 Å². The van der Waals surface area contributed by atoms with Crippen molar-refractivity contribution in [1.29, 1.82) is 0 Å². The SMILES string of the molecule is CC(C)CCNC(=O)C(C)NCC(C)(C)CO. The lowest BCUT2D eigenvalue weighted by Crippen LogP contribution is -2.46. The van der Waals surface area contributed by atoms with Gasteiger partial charge in [-0.1, -0.05) is 27.7 Å². The van der Waals surface area contributed by atoms with E-state index < -0.39 is 0 Å². The van der Waals surface area contributed by atoms with Gasteiger partial charge in [0.1, 0.15) is 0 Å². The van der Waals surface area contributed by atoms with E-state index in [-0.39, 0.29) is 24.0 Å². The van der Waals surface area contributed by atoms with Crippen molar-refractivity contribution in [3.8, 4) is 0 Å². The smallest absolute Gasteiger partial charge is 0.236 e. The molecule has 0 radical (unpaired) electrons. The molecule has 4 nitrogen and oxygen atoms in total. The first kappa shape index (κ1) is 16.4. The molecule has 0 fully saturated rings. The minimum atomic E-state index is -0.215. The zero-order chi connectivity index (χ0) is 13.5. The van der Waals surface area contributed by atoms with Crippen LogP contribution in [0.3, 0.4) is 0 Å². The van der Waals surface area contributed by atoms with Crippen LogP contribution in [0.4, 0.5) is 0 Å². The van der Waals surface area contributed by atoms with Gasteiger partial charge in [0.2, 0.25) is 5.91 Å². The van der Waals surface area contributed by atoms with Crippen LogP contribution in [0, 0.1) is 11.3 Å². The summed E-state index contributed by atoms with van der Waals surface area (Å²) in [5, 5.41) is 15.2. The van der Waals surface area contributed by atoms with Crippen molar-refractivity contribution in [2.45, 2.75) is 47.1 Å². The zero-order valence-electron chi connectivity index (χ0n) is 11.8. The van der Waals surface area contributed by atoms with Gasteiger partial charge < -0.3 is 15.7 Å². The molecular formula is C13H28N2O2. The lowest BCUT2D eigenvalue weighted by Gasteiger charge is -2.24. The highest BCUT2D eigenvalue weighted by atomic mass is 16.3. The van der Waals surface area contributed by atoms with Crippen LogP contribution in [0.5, 0.6) is 0 Å². The molecule has 102 valence electrons. The lowest BCUT2D eigenvalue weighted by molar-refractivity contribution is -0.122. The van der Waals surface area contributed by atoms with Gasteiger partial charge in [-0.05, 0) is 19.3 Å². The molecule has 0 aliphatic rings. The summed E-state index contributed by atoms with van der Waals surface area (Å²) in [5.74, 6) is 0.631. The second-order valence-electron chi connectivity index (χ2n) is 5.90. The zero-order valence-corrected chi connectivity index (χ0v) is 11.8. The molecule has 0 aromatic heterocycles. The number of hydrogen-bond donors (Lipinski definition) is 3. The molecule has 0 spiro atoms. The maximum atomic E-state index is 11.7. The second-order valence-corrected chi connectivity index (χ2v) is 5.90. The van der Waals surface area contributed by atoms with Crippen molar-refractivity contribution < 1.29 is 9.90 Å². The summed E-state index contributed by atoms with van der Waals surface area (Å²) >= 11 is 0. The Kier molecular flexibility index (Phi) is 7.39. The Morgan fingerprint density at radius 3 is 2.35 bits per heavy atom. The Labute approximate surface area is 105 Å². The lowest BCUT2D eigenvalue weighted by atomic mass is 9.94. The highest BCUT2D eigenvalue weighted by molar-refractivity contribution is 5.81. The summed E-state index contributed by atoms with van der Waals surface area (Å²) in [6, 6.07) is -0.215. The summed E-state index contributed by atoms with van der Waals surface area (Å²) in [5.41, 5.74) is -0.188. The Morgan fingerprint density at radius 2 is 1.88 bits per heavy atom. The first-order valence-corrected chi connectivity index (χ1v) is 6.40. The van der Waals surface area contributed by atoms with Crippen molar-refractivity contribution in [1.82, 2.24) is 10.6 Å². The monoisotopic (exact) mass is 244 g/mol. The predicted molar refractivity (Wildman–Crippen MR) is 70.8 cm³/mol. The number of carbonyl (C=O) groups excluding carboxylic acids is 1. The van der Waals surface area contributed by atoms with E-state index in [4.69, 9.17) is 5.11 Å². The Morgan fingerprint density at radius 1 is 1.29 bits per heavy atom. The molecule has 0 rings (SSSR count). The molecule has 0 saturated carbocycles. The van der Waals surface area contributed by atoms with Gasteiger partial charge in [-0.3, -0.25) is 4.79 Å². The largest absolute Gasteiger partial charge is 0.396 e. The van der Waals surface area contributed by atoms with Crippen LogP contribution in [0.2, 0.25) is 0 Å². The first-order chi connectivity index (χ1) is 7.78. The summed E-state index contributed by atoms with van der Waals surface area (Å²) in [6.45, 7) is 11.5. The van der Waals surface area contributed by atoms with Crippen LogP contribution in [0.15, 0.2) is 0 Å². The first-order valence-electron chi connectivity index (χ1n) is 6.40. The molecule has 0 aromatic carbocycles. The number of aliphatic hydroxyl groups is 1. The fraction of sp³-hybridized carbons (Fsp3) is 0.923. The van der Waals surface area contributed by atoms with Crippen LogP contribution in [-0.4, -0.2) is 36.8 Å². The molecular weight excluding hydrogens is 216 g/mol. The van der Waals surface area contributed by atoms with Crippen LogP contribution < -0.4 is 10.6 Å². The number of nitrogens with one attached hydrogen (secondary N) is 2. The summed E-state index contributed by atoms with van der Waals surface area (Å²) in [7, 11) is 0. The van der Waals surface area contributed by atoms with Gasteiger partial charge >= 0.3 is 0 Å². The number of aliphatic hydroxyl groups excluding tert-OH is 1. The van der Waals surface area contributed by atoms with E-state index in [1.807, 2.05) is 20.8 Å². The van der Waals surface area contributed by atoms with E-state index in [2.05, 4.69) is 24.5 Å². The summed E-state index contributed by atoms with van der Waals surface area (Å²) in [6.07, 6.45) is 1.00. The van der Waals surface area contributed by atoms with E-state index in [1.54, 1.807) is 0 Å². The predicted octanol–water partition coefficient (Wildman–Crippen LogP) is 1.15. The van der Waals surface area contributed by atoms with E-state index >= 15 is 0 Å². The molecule has 4 heteroatoms. The highest BCUT2D eigenvalue weighted by Gasteiger charge is 2.19. The van der Waals surface area contributed by atoms with E-state index in [1.165, 1.54) is 0 Å². The molecule has 1 amide bonds. The second kappa shape index (κ2) is 7.67. The van der Waals surface area contributed by atoms with Gasteiger partial charge in [-0.25, -0.2) is 0 Å². The fourth-order valence-corrected chi connectivity index (χ4v) is 1.22. The van der Waals surface area contributed by atoms with Crippen molar-refractivity contribution in [3.05, 3.63) is 0 Å². The maximum Gasteiger partial charge on any atom is 0.236 e. The molecule has 1 atom stereocenters. The molecule has 0 aliphatic carbocycles.